The summed E-state index contributed by atoms with van der Waals surface area (Å²) in [6.07, 6.45) is 0.757. The van der Waals surface area contributed by atoms with Crippen LogP contribution in [0, 0.1) is 5.82 Å². The van der Waals surface area contributed by atoms with Crippen LogP contribution in [-0.2, 0) is 6.54 Å². The fourth-order valence-corrected chi connectivity index (χ4v) is 2.68. The summed E-state index contributed by atoms with van der Waals surface area (Å²) in [5, 5.41) is 1.19. The monoisotopic (exact) mass is 287 g/mol. The van der Waals surface area contributed by atoms with E-state index in [0.29, 0.717) is 17.3 Å². The molecule has 100 valence electrons. The van der Waals surface area contributed by atoms with Gasteiger partial charge in [0.1, 0.15) is 11.0 Å². The summed E-state index contributed by atoms with van der Waals surface area (Å²) in [5.74, 6) is -0.286. The Morgan fingerprint density at radius 3 is 2.70 bits per heavy atom. The third-order valence-electron chi connectivity index (χ3n) is 3.29. The van der Waals surface area contributed by atoms with Gasteiger partial charge in [-0.15, -0.1) is 0 Å². The maximum absolute atomic E-state index is 13.3. The lowest BCUT2D eigenvalue weighted by molar-refractivity contribution is 0.112. The molecule has 0 saturated carbocycles. The van der Waals surface area contributed by atoms with Crippen molar-refractivity contribution in [2.45, 2.75) is 6.54 Å². The smallest absolute Gasteiger partial charge is 0.153 e. The third-order valence-corrected chi connectivity index (χ3v) is 3.70. The van der Waals surface area contributed by atoms with Gasteiger partial charge in [-0.2, -0.15) is 0 Å². The van der Waals surface area contributed by atoms with E-state index >= 15 is 0 Å². The van der Waals surface area contributed by atoms with Gasteiger partial charge in [-0.1, -0.05) is 41.9 Å². The normalized spacial score (nSPS) is 10.9. The molecule has 0 saturated heterocycles. The second-order valence-corrected chi connectivity index (χ2v) is 4.91. The number of hydrogen-bond donors (Lipinski definition) is 0. The van der Waals surface area contributed by atoms with Crippen LogP contribution in [-0.4, -0.2) is 10.9 Å². The molecule has 2 nitrogen and oxygen atoms in total. The molecule has 1 heterocycles. The fraction of sp³-hybridized carbons (Fsp3) is 0.0625. The first-order chi connectivity index (χ1) is 9.70. The van der Waals surface area contributed by atoms with Crippen LogP contribution in [0.2, 0.25) is 5.15 Å². The molecule has 2 aromatic carbocycles. The van der Waals surface area contributed by atoms with Crippen molar-refractivity contribution >= 4 is 28.8 Å². The molecule has 0 atom stereocenters. The molecule has 0 aliphatic rings. The Morgan fingerprint density at radius 1 is 1.15 bits per heavy atom. The lowest BCUT2D eigenvalue weighted by atomic mass is 10.2. The van der Waals surface area contributed by atoms with Crippen LogP contribution in [0.15, 0.2) is 48.5 Å². The first kappa shape index (κ1) is 12.9. The van der Waals surface area contributed by atoms with Crippen molar-refractivity contribution in [3.05, 3.63) is 70.6 Å². The lowest BCUT2D eigenvalue weighted by Crippen LogP contribution is -2.00. The third kappa shape index (κ3) is 2.10. The number of nitrogens with zero attached hydrogens (tertiary/aromatic N) is 1. The zero-order chi connectivity index (χ0) is 14.1. The van der Waals surface area contributed by atoms with Crippen molar-refractivity contribution in [1.29, 1.82) is 0 Å². The standard InChI is InChI=1S/C16H11ClFNO/c17-16-14(10-20)13-6-1-2-7-15(13)19(16)9-11-4-3-5-12(18)8-11/h1-8,10H,9H2. The van der Waals surface area contributed by atoms with Crippen LogP contribution in [0.5, 0.6) is 0 Å². The van der Waals surface area contributed by atoms with E-state index in [1.807, 2.05) is 34.9 Å². The Hall–Kier alpha value is -2.13. The van der Waals surface area contributed by atoms with Crippen molar-refractivity contribution in [1.82, 2.24) is 4.57 Å². The van der Waals surface area contributed by atoms with Gasteiger partial charge in [-0.25, -0.2) is 4.39 Å². The molecule has 0 aliphatic carbocycles. The second kappa shape index (κ2) is 5.10. The van der Waals surface area contributed by atoms with Gasteiger partial charge in [0.25, 0.3) is 0 Å². The quantitative estimate of drug-likeness (QED) is 0.659. The van der Waals surface area contributed by atoms with Gasteiger partial charge in [-0.3, -0.25) is 4.79 Å². The molecular weight excluding hydrogens is 277 g/mol. The Bertz CT molecular complexity index is 794. The second-order valence-electron chi connectivity index (χ2n) is 4.56. The van der Waals surface area contributed by atoms with E-state index in [2.05, 4.69) is 0 Å². The van der Waals surface area contributed by atoms with Gasteiger partial charge in [0.2, 0.25) is 0 Å². The molecule has 0 spiro atoms. The number of hydrogen-bond acceptors (Lipinski definition) is 1. The summed E-state index contributed by atoms with van der Waals surface area (Å²) >= 11 is 6.28. The van der Waals surface area contributed by atoms with E-state index < -0.39 is 0 Å². The Morgan fingerprint density at radius 2 is 1.95 bits per heavy atom. The number of aldehydes is 1. The zero-order valence-corrected chi connectivity index (χ0v) is 11.3. The number of halogens is 2. The minimum atomic E-state index is -0.286. The highest BCUT2D eigenvalue weighted by atomic mass is 35.5. The highest BCUT2D eigenvalue weighted by molar-refractivity contribution is 6.34. The zero-order valence-electron chi connectivity index (χ0n) is 10.5. The van der Waals surface area contributed by atoms with Crippen molar-refractivity contribution in [2.24, 2.45) is 0 Å². The van der Waals surface area contributed by atoms with Crippen LogP contribution in [0.3, 0.4) is 0 Å². The molecule has 3 rings (SSSR count). The van der Waals surface area contributed by atoms with Crippen molar-refractivity contribution in [2.75, 3.05) is 0 Å². The molecule has 0 fully saturated rings. The molecule has 0 amide bonds. The molecule has 20 heavy (non-hydrogen) atoms. The van der Waals surface area contributed by atoms with Gasteiger partial charge in [0.05, 0.1) is 11.1 Å². The van der Waals surface area contributed by atoms with Crippen LogP contribution >= 0.6 is 11.6 Å². The molecule has 0 bridgehead atoms. The van der Waals surface area contributed by atoms with Gasteiger partial charge >= 0.3 is 0 Å². The highest BCUT2D eigenvalue weighted by Gasteiger charge is 2.14. The molecule has 3 aromatic rings. The maximum Gasteiger partial charge on any atom is 0.153 e. The summed E-state index contributed by atoms with van der Waals surface area (Å²) in [6, 6.07) is 13.8. The number of aromatic nitrogens is 1. The Labute approximate surface area is 120 Å². The predicted molar refractivity (Wildman–Crippen MR) is 77.8 cm³/mol. The van der Waals surface area contributed by atoms with Crippen molar-refractivity contribution in [3.8, 4) is 0 Å². The number of rotatable bonds is 3. The minimum absolute atomic E-state index is 0.286. The van der Waals surface area contributed by atoms with E-state index in [9.17, 15) is 9.18 Å². The van der Waals surface area contributed by atoms with E-state index in [0.717, 1.165) is 22.8 Å². The van der Waals surface area contributed by atoms with E-state index in [4.69, 9.17) is 11.6 Å². The summed E-state index contributed by atoms with van der Waals surface area (Å²) in [7, 11) is 0. The SMILES string of the molecule is O=Cc1c(Cl)n(Cc2cccc(F)c2)c2ccccc12. The predicted octanol–water partition coefficient (Wildman–Crippen LogP) is 4.29. The Kier molecular flexibility index (Phi) is 3.28. The minimum Gasteiger partial charge on any atom is -0.327 e. The average Bonchev–Trinajstić information content (AvgIpc) is 2.72. The topological polar surface area (TPSA) is 22.0 Å². The van der Waals surface area contributed by atoms with Gasteiger partial charge < -0.3 is 4.57 Å². The van der Waals surface area contributed by atoms with E-state index in [1.54, 1.807) is 6.07 Å². The summed E-state index contributed by atoms with van der Waals surface area (Å²) in [5.41, 5.74) is 2.13. The van der Waals surface area contributed by atoms with Gasteiger partial charge in [-0.05, 0) is 23.8 Å². The first-order valence-electron chi connectivity index (χ1n) is 6.17. The van der Waals surface area contributed by atoms with Gasteiger partial charge in [0, 0.05) is 11.9 Å². The largest absolute Gasteiger partial charge is 0.327 e. The fourth-order valence-electron chi connectivity index (χ4n) is 2.38. The maximum atomic E-state index is 13.3. The van der Waals surface area contributed by atoms with Crippen LogP contribution in [0.25, 0.3) is 10.9 Å². The summed E-state index contributed by atoms with van der Waals surface area (Å²) < 4.78 is 15.1. The number of carbonyl (C=O) groups is 1. The van der Waals surface area contributed by atoms with E-state index in [1.165, 1.54) is 12.1 Å². The molecule has 0 unspecified atom stereocenters. The van der Waals surface area contributed by atoms with Crippen LogP contribution in [0.4, 0.5) is 4.39 Å². The summed E-state index contributed by atoms with van der Waals surface area (Å²) in [4.78, 5) is 11.2. The molecule has 0 N–H and O–H groups in total. The number of carbonyl (C=O) groups excluding carboxylic acids is 1. The molecule has 1 aromatic heterocycles. The average molecular weight is 288 g/mol. The first-order valence-corrected chi connectivity index (χ1v) is 6.55. The van der Waals surface area contributed by atoms with Crippen LogP contribution in [0.1, 0.15) is 15.9 Å². The van der Waals surface area contributed by atoms with Crippen molar-refractivity contribution < 1.29 is 9.18 Å². The van der Waals surface area contributed by atoms with Gasteiger partial charge in [0.15, 0.2) is 6.29 Å². The van der Waals surface area contributed by atoms with Crippen LogP contribution < -0.4 is 0 Å². The Balaban J connectivity index is 2.16. The molecule has 4 heteroatoms. The molecule has 0 radical (unpaired) electrons. The number of fused-ring (bicyclic) bond motifs is 1. The van der Waals surface area contributed by atoms with Crippen molar-refractivity contribution in [3.63, 3.8) is 0 Å². The summed E-state index contributed by atoms with van der Waals surface area (Å²) in [6.45, 7) is 0.422. The molecular formula is C16H11ClFNO. The lowest BCUT2D eigenvalue weighted by Gasteiger charge is -2.07. The number of benzene rings is 2. The number of para-hydroxylation sites is 1. The highest BCUT2D eigenvalue weighted by Crippen LogP contribution is 2.29. The van der Waals surface area contributed by atoms with E-state index in [-0.39, 0.29) is 5.82 Å². The molecule has 0 aliphatic heterocycles.